The summed E-state index contributed by atoms with van der Waals surface area (Å²) in [7, 11) is -5.01. The van der Waals surface area contributed by atoms with Crippen molar-refractivity contribution in [2.24, 2.45) is 15.3 Å². The molecule has 1 aliphatic heterocycles. The number of anilines is 1. The molecule has 1 heterocycles. The second-order valence-electron chi connectivity index (χ2n) is 5.11. The molecule has 1 unspecified atom stereocenters. The lowest BCUT2D eigenvalue weighted by atomic mass is 10.2. The van der Waals surface area contributed by atoms with Crippen LogP contribution in [0.1, 0.15) is 0 Å². The van der Waals surface area contributed by atoms with Crippen LogP contribution in [0.25, 0.3) is 0 Å². The van der Waals surface area contributed by atoms with Gasteiger partial charge < -0.3 is 0 Å². The third kappa shape index (κ3) is 3.33. The molecule has 0 N–H and O–H groups in total. The standard InChI is InChI=1S/C16H10FN5O3S/c17-26(24,25)14-9-5-4-8-12(14)19-20-15-13(10-18)21-22(16(15)23)11-6-2-1-3-7-11/h1-9,15H. The van der Waals surface area contributed by atoms with Gasteiger partial charge >= 0.3 is 10.2 Å². The average molecular weight is 371 g/mol. The number of para-hydroxylation sites is 1. The summed E-state index contributed by atoms with van der Waals surface area (Å²) in [5, 5.41) is 21.5. The lowest BCUT2D eigenvalue weighted by Gasteiger charge is -2.11. The number of nitriles is 1. The lowest BCUT2D eigenvalue weighted by molar-refractivity contribution is -0.117. The van der Waals surface area contributed by atoms with Crippen molar-refractivity contribution in [3.63, 3.8) is 0 Å². The molecule has 2 aromatic carbocycles. The predicted octanol–water partition coefficient (Wildman–Crippen LogP) is 2.72. The third-order valence-corrected chi connectivity index (χ3v) is 4.30. The Labute approximate surface area is 148 Å². The van der Waals surface area contributed by atoms with Gasteiger partial charge in [0.15, 0.2) is 5.71 Å². The molecule has 0 fully saturated rings. The van der Waals surface area contributed by atoms with Gasteiger partial charge in [-0.15, -0.1) is 3.89 Å². The number of amides is 1. The monoisotopic (exact) mass is 371 g/mol. The first-order valence-electron chi connectivity index (χ1n) is 7.24. The molecule has 0 aromatic heterocycles. The second kappa shape index (κ2) is 6.81. The largest absolute Gasteiger partial charge is 0.334 e. The van der Waals surface area contributed by atoms with Crippen LogP contribution in [0.4, 0.5) is 15.3 Å². The zero-order valence-electron chi connectivity index (χ0n) is 13.0. The SMILES string of the molecule is N#CC1=NN(c2ccccc2)C(=O)C1N=Nc1ccccc1S(=O)(=O)F. The van der Waals surface area contributed by atoms with E-state index in [2.05, 4.69) is 15.3 Å². The minimum atomic E-state index is -5.01. The predicted molar refractivity (Wildman–Crippen MR) is 90.0 cm³/mol. The smallest absolute Gasteiger partial charge is 0.269 e. The fourth-order valence-corrected chi connectivity index (χ4v) is 2.85. The Morgan fingerprint density at radius 1 is 1.12 bits per heavy atom. The fourth-order valence-electron chi connectivity index (χ4n) is 2.25. The van der Waals surface area contributed by atoms with Gasteiger partial charge in [0.25, 0.3) is 5.91 Å². The summed E-state index contributed by atoms with van der Waals surface area (Å²) in [6, 6.07) is 13.8. The summed E-state index contributed by atoms with van der Waals surface area (Å²) in [6.07, 6.45) is 0. The van der Waals surface area contributed by atoms with Crippen LogP contribution in [-0.4, -0.2) is 26.1 Å². The highest BCUT2D eigenvalue weighted by Crippen LogP contribution is 2.27. The molecular formula is C16H10FN5O3S. The van der Waals surface area contributed by atoms with E-state index in [0.717, 1.165) is 11.1 Å². The van der Waals surface area contributed by atoms with Gasteiger partial charge in [-0.2, -0.15) is 34.0 Å². The first kappa shape index (κ1) is 17.4. The quantitative estimate of drug-likeness (QED) is 0.607. The van der Waals surface area contributed by atoms with Crippen molar-refractivity contribution in [2.75, 3.05) is 5.01 Å². The molecule has 0 saturated heterocycles. The molecule has 26 heavy (non-hydrogen) atoms. The molecule has 130 valence electrons. The van der Waals surface area contributed by atoms with Gasteiger partial charge in [-0.05, 0) is 24.3 Å². The van der Waals surface area contributed by atoms with Gasteiger partial charge in [0.05, 0.1) is 5.69 Å². The third-order valence-electron chi connectivity index (χ3n) is 3.43. The number of azo groups is 1. The van der Waals surface area contributed by atoms with Gasteiger partial charge in [0.2, 0.25) is 6.04 Å². The van der Waals surface area contributed by atoms with Crippen molar-refractivity contribution < 1.29 is 17.1 Å². The number of hydrazone groups is 1. The van der Waals surface area contributed by atoms with Crippen LogP contribution in [0.2, 0.25) is 0 Å². The van der Waals surface area contributed by atoms with E-state index in [-0.39, 0.29) is 11.4 Å². The minimum absolute atomic E-state index is 0.205. The first-order chi connectivity index (χ1) is 12.4. The fraction of sp³-hybridized carbons (Fsp3) is 0.0625. The Kier molecular flexibility index (Phi) is 4.55. The second-order valence-corrected chi connectivity index (χ2v) is 6.42. The van der Waals surface area contributed by atoms with Crippen LogP contribution in [-0.2, 0) is 15.0 Å². The summed E-state index contributed by atoms with van der Waals surface area (Å²) in [5.41, 5.74) is -0.0453. The van der Waals surface area contributed by atoms with Crippen molar-refractivity contribution in [2.45, 2.75) is 10.9 Å². The van der Waals surface area contributed by atoms with Gasteiger partial charge in [-0.3, -0.25) is 4.79 Å². The van der Waals surface area contributed by atoms with Crippen LogP contribution in [0.5, 0.6) is 0 Å². The zero-order valence-corrected chi connectivity index (χ0v) is 13.8. The molecule has 10 heteroatoms. The van der Waals surface area contributed by atoms with E-state index < -0.39 is 27.1 Å². The molecule has 1 aliphatic rings. The molecular weight excluding hydrogens is 361 g/mol. The number of hydrogen-bond acceptors (Lipinski definition) is 7. The number of hydrogen-bond donors (Lipinski definition) is 0. The minimum Gasteiger partial charge on any atom is -0.269 e. The first-order valence-corrected chi connectivity index (χ1v) is 8.62. The summed E-state index contributed by atoms with van der Waals surface area (Å²) in [6.45, 7) is 0. The molecule has 2 aromatic rings. The van der Waals surface area contributed by atoms with E-state index in [9.17, 15) is 22.4 Å². The Balaban J connectivity index is 1.94. The van der Waals surface area contributed by atoms with E-state index in [1.807, 2.05) is 0 Å². The summed E-state index contributed by atoms with van der Waals surface area (Å²) in [4.78, 5) is 11.8. The summed E-state index contributed by atoms with van der Waals surface area (Å²) >= 11 is 0. The molecule has 3 rings (SSSR count). The van der Waals surface area contributed by atoms with E-state index in [1.54, 1.807) is 36.4 Å². The Bertz CT molecular complexity index is 1060. The van der Waals surface area contributed by atoms with E-state index in [0.29, 0.717) is 5.69 Å². The van der Waals surface area contributed by atoms with E-state index in [4.69, 9.17) is 0 Å². The van der Waals surface area contributed by atoms with Crippen LogP contribution in [0, 0.1) is 11.3 Å². The number of halogens is 1. The number of carbonyl (C=O) groups is 1. The number of nitrogens with zero attached hydrogens (tertiary/aromatic N) is 5. The van der Waals surface area contributed by atoms with Crippen molar-refractivity contribution >= 4 is 33.2 Å². The lowest BCUT2D eigenvalue weighted by Crippen LogP contribution is -2.30. The van der Waals surface area contributed by atoms with Gasteiger partial charge in [0.1, 0.15) is 16.7 Å². The van der Waals surface area contributed by atoms with Gasteiger partial charge in [-0.1, -0.05) is 30.3 Å². The highest BCUT2D eigenvalue weighted by atomic mass is 32.3. The van der Waals surface area contributed by atoms with E-state index in [1.165, 1.54) is 18.2 Å². The maximum Gasteiger partial charge on any atom is 0.334 e. The topological polar surface area (TPSA) is 115 Å². The highest BCUT2D eigenvalue weighted by molar-refractivity contribution is 7.86. The number of carbonyl (C=O) groups excluding carboxylic acids is 1. The summed E-state index contributed by atoms with van der Waals surface area (Å²) in [5.74, 6) is -0.628. The molecule has 8 nitrogen and oxygen atoms in total. The molecule has 0 radical (unpaired) electrons. The molecule has 0 spiro atoms. The average Bonchev–Trinajstić information content (AvgIpc) is 2.96. The van der Waals surface area contributed by atoms with Crippen molar-refractivity contribution in [3.05, 3.63) is 54.6 Å². The number of rotatable bonds is 4. The van der Waals surface area contributed by atoms with E-state index >= 15 is 0 Å². The maximum absolute atomic E-state index is 13.3. The van der Waals surface area contributed by atoms with Crippen LogP contribution in [0.15, 0.2) is 74.8 Å². The normalized spacial score (nSPS) is 17.4. The van der Waals surface area contributed by atoms with Crippen LogP contribution >= 0.6 is 0 Å². The maximum atomic E-state index is 13.3. The van der Waals surface area contributed by atoms with Crippen LogP contribution in [0.3, 0.4) is 0 Å². The van der Waals surface area contributed by atoms with Crippen molar-refractivity contribution in [3.8, 4) is 6.07 Å². The van der Waals surface area contributed by atoms with Crippen molar-refractivity contribution in [1.82, 2.24) is 0 Å². The van der Waals surface area contributed by atoms with Gasteiger partial charge in [-0.25, -0.2) is 0 Å². The summed E-state index contributed by atoms with van der Waals surface area (Å²) < 4.78 is 35.6. The molecule has 0 bridgehead atoms. The molecule has 1 atom stereocenters. The van der Waals surface area contributed by atoms with Gasteiger partial charge in [0, 0.05) is 0 Å². The van der Waals surface area contributed by atoms with Crippen molar-refractivity contribution in [1.29, 1.82) is 5.26 Å². The molecule has 0 saturated carbocycles. The zero-order chi connectivity index (χ0) is 18.7. The van der Waals surface area contributed by atoms with Crippen LogP contribution < -0.4 is 5.01 Å². The molecule has 0 aliphatic carbocycles. The Morgan fingerprint density at radius 3 is 2.42 bits per heavy atom. The Hall–Kier alpha value is -3.45. The highest BCUT2D eigenvalue weighted by Gasteiger charge is 2.37. The molecule has 1 amide bonds. The Morgan fingerprint density at radius 2 is 1.77 bits per heavy atom. The number of benzene rings is 2.